The molecule has 0 amide bonds. The second-order valence-corrected chi connectivity index (χ2v) is 9.88. The molecule has 0 radical (unpaired) electrons. The first kappa shape index (κ1) is 20.6. The zero-order valence-corrected chi connectivity index (χ0v) is 17.8. The van der Waals surface area contributed by atoms with Crippen molar-refractivity contribution in [2.24, 2.45) is 17.3 Å². The van der Waals surface area contributed by atoms with E-state index in [1.54, 1.807) is 7.11 Å². The predicted octanol–water partition coefficient (Wildman–Crippen LogP) is 3.20. The molecule has 0 unspecified atom stereocenters. The maximum atomic E-state index is 12.7. The number of nitrogens with zero attached hydrogens (tertiary/aromatic N) is 1. The molecule has 6 nitrogen and oxygen atoms in total. The number of hydrogen-bond donors (Lipinski definition) is 1. The summed E-state index contributed by atoms with van der Waals surface area (Å²) in [6.07, 6.45) is 6.01. The summed E-state index contributed by atoms with van der Waals surface area (Å²) in [6.45, 7) is 4.92. The highest BCUT2D eigenvalue weighted by Gasteiger charge is 2.57. The molecule has 4 bridgehead atoms. The average molecular weight is 404 g/mol. The third kappa shape index (κ3) is 4.02. The van der Waals surface area contributed by atoms with Crippen LogP contribution in [0.5, 0.6) is 0 Å². The summed E-state index contributed by atoms with van der Waals surface area (Å²) in [6, 6.07) is 1.86. The molecule has 4 aliphatic rings. The van der Waals surface area contributed by atoms with Gasteiger partial charge in [0.05, 0.1) is 18.6 Å². The van der Waals surface area contributed by atoms with Crippen molar-refractivity contribution >= 4 is 11.8 Å². The van der Waals surface area contributed by atoms with Gasteiger partial charge >= 0.3 is 5.97 Å². The van der Waals surface area contributed by atoms with Crippen LogP contribution in [0.25, 0.3) is 0 Å². The molecule has 4 saturated carbocycles. The average Bonchev–Trinajstić information content (AvgIpc) is 2.89. The van der Waals surface area contributed by atoms with E-state index in [4.69, 9.17) is 9.47 Å². The number of methoxy groups -OCH3 is 1. The highest BCUT2D eigenvalue weighted by atomic mass is 16.5. The lowest BCUT2D eigenvalue weighted by Crippen LogP contribution is -2.56. The summed E-state index contributed by atoms with van der Waals surface area (Å²) in [5.41, 5.74) is 1.77. The lowest BCUT2D eigenvalue weighted by Gasteiger charge is -2.60. The van der Waals surface area contributed by atoms with Crippen LogP contribution in [-0.4, -0.2) is 47.4 Å². The number of Topliss-reactive ketones (excluding diaryl/α,β-unsaturated/α-hetero) is 1. The van der Waals surface area contributed by atoms with Crippen LogP contribution in [0.3, 0.4) is 0 Å². The van der Waals surface area contributed by atoms with Crippen LogP contribution >= 0.6 is 0 Å². The Balaban J connectivity index is 1.35. The molecule has 2 atom stereocenters. The molecule has 0 aliphatic heterocycles. The van der Waals surface area contributed by atoms with Gasteiger partial charge in [-0.2, -0.15) is 0 Å². The van der Waals surface area contributed by atoms with Crippen molar-refractivity contribution in [3.8, 4) is 0 Å². The van der Waals surface area contributed by atoms with E-state index in [-0.39, 0.29) is 23.8 Å². The van der Waals surface area contributed by atoms with E-state index in [0.29, 0.717) is 43.4 Å². The molecular weight excluding hydrogens is 370 g/mol. The molecule has 1 aromatic rings. The number of ketones is 1. The van der Waals surface area contributed by atoms with E-state index in [1.165, 1.54) is 6.42 Å². The fourth-order valence-electron chi connectivity index (χ4n) is 6.80. The number of aromatic nitrogens is 1. The Labute approximate surface area is 172 Å². The summed E-state index contributed by atoms with van der Waals surface area (Å²) in [5.74, 6) is 0.595. The van der Waals surface area contributed by atoms with Crippen LogP contribution in [0.1, 0.15) is 66.7 Å². The summed E-state index contributed by atoms with van der Waals surface area (Å²) < 4.78 is 12.6. The number of aliphatic hydroxyl groups is 1. The Morgan fingerprint density at radius 2 is 1.90 bits per heavy atom. The van der Waals surface area contributed by atoms with Crippen molar-refractivity contribution in [2.45, 2.75) is 70.9 Å². The van der Waals surface area contributed by atoms with Crippen LogP contribution in [0, 0.1) is 31.1 Å². The van der Waals surface area contributed by atoms with E-state index < -0.39 is 5.60 Å². The molecular formula is C23H33NO5. The minimum atomic E-state index is -0.583. The first-order valence-corrected chi connectivity index (χ1v) is 10.8. The molecule has 5 rings (SSSR count). The predicted molar refractivity (Wildman–Crippen MR) is 108 cm³/mol. The minimum Gasteiger partial charge on any atom is -0.457 e. The monoisotopic (exact) mass is 403 g/mol. The van der Waals surface area contributed by atoms with Gasteiger partial charge in [0.1, 0.15) is 0 Å². The molecule has 0 saturated heterocycles. The number of rotatable bonds is 8. The molecule has 160 valence electrons. The number of esters is 1. The van der Waals surface area contributed by atoms with Gasteiger partial charge in [0.2, 0.25) is 5.78 Å². The normalized spacial score (nSPS) is 32.6. The van der Waals surface area contributed by atoms with Crippen molar-refractivity contribution in [3.63, 3.8) is 0 Å². The van der Waals surface area contributed by atoms with Crippen LogP contribution in [0.4, 0.5) is 0 Å². The first-order valence-electron chi connectivity index (χ1n) is 10.8. The molecule has 0 spiro atoms. The standard InChI is InChI=1S/C23H33NO5/c1-15-6-19(16(2)24(15)4-5-28-3)20(25)13-29-21(26)12-22-8-17-7-18(9-22)11-23(27,10-17)14-22/h6,17-18,27H,4-5,7-14H2,1-3H3/t17-,18-,22?,23?/m1/s1. The zero-order chi connectivity index (χ0) is 20.8. The topological polar surface area (TPSA) is 77.8 Å². The number of ether oxygens (including phenoxy) is 2. The molecule has 29 heavy (non-hydrogen) atoms. The summed E-state index contributed by atoms with van der Waals surface area (Å²) in [7, 11) is 1.65. The molecule has 6 heteroatoms. The van der Waals surface area contributed by atoms with Crippen LogP contribution in [0.2, 0.25) is 0 Å². The number of hydrogen-bond acceptors (Lipinski definition) is 5. The molecule has 1 N–H and O–H groups in total. The summed E-state index contributed by atoms with van der Waals surface area (Å²) in [5, 5.41) is 10.9. The molecule has 1 heterocycles. The number of carbonyl (C=O) groups excluding carboxylic acids is 2. The molecule has 4 fully saturated rings. The Morgan fingerprint density at radius 3 is 2.52 bits per heavy atom. The SMILES string of the molecule is COCCn1c(C)cc(C(=O)COC(=O)CC23C[C@H]4C[C@@H](CC(O)(C4)C2)C3)c1C. The van der Waals surface area contributed by atoms with Gasteiger partial charge in [0.25, 0.3) is 0 Å². The maximum Gasteiger partial charge on any atom is 0.306 e. The lowest BCUT2D eigenvalue weighted by molar-refractivity contribution is -0.176. The van der Waals surface area contributed by atoms with Gasteiger partial charge in [0, 0.05) is 30.6 Å². The van der Waals surface area contributed by atoms with Gasteiger partial charge in [-0.15, -0.1) is 0 Å². The second-order valence-electron chi connectivity index (χ2n) is 9.88. The largest absolute Gasteiger partial charge is 0.457 e. The van der Waals surface area contributed by atoms with Crippen LogP contribution in [0.15, 0.2) is 6.07 Å². The van der Waals surface area contributed by atoms with Gasteiger partial charge in [-0.25, -0.2) is 0 Å². The fourth-order valence-corrected chi connectivity index (χ4v) is 6.80. The second kappa shape index (κ2) is 7.55. The molecule has 0 aromatic carbocycles. The van der Waals surface area contributed by atoms with E-state index >= 15 is 0 Å². The lowest BCUT2D eigenvalue weighted by atomic mass is 9.47. The third-order valence-electron chi connectivity index (χ3n) is 7.43. The van der Waals surface area contributed by atoms with E-state index in [9.17, 15) is 14.7 Å². The van der Waals surface area contributed by atoms with Crippen molar-refractivity contribution in [1.29, 1.82) is 0 Å². The maximum absolute atomic E-state index is 12.7. The Bertz CT molecular complexity index is 796. The van der Waals surface area contributed by atoms with E-state index in [0.717, 1.165) is 37.1 Å². The van der Waals surface area contributed by atoms with Crippen molar-refractivity contribution in [3.05, 3.63) is 23.0 Å². The van der Waals surface area contributed by atoms with Gasteiger partial charge in [0.15, 0.2) is 6.61 Å². The van der Waals surface area contributed by atoms with Gasteiger partial charge in [-0.1, -0.05) is 0 Å². The van der Waals surface area contributed by atoms with Crippen molar-refractivity contribution in [2.75, 3.05) is 20.3 Å². The Hall–Kier alpha value is -1.66. The van der Waals surface area contributed by atoms with Gasteiger partial charge in [-0.3, -0.25) is 9.59 Å². The molecule has 1 aromatic heterocycles. The highest BCUT2D eigenvalue weighted by molar-refractivity contribution is 5.99. The smallest absolute Gasteiger partial charge is 0.306 e. The Morgan fingerprint density at radius 1 is 1.21 bits per heavy atom. The summed E-state index contributed by atoms with van der Waals surface area (Å²) in [4.78, 5) is 25.3. The number of aryl methyl sites for hydroxylation is 1. The van der Waals surface area contributed by atoms with E-state index in [2.05, 4.69) is 4.57 Å². The molecule has 4 aliphatic carbocycles. The first-order chi connectivity index (χ1) is 13.7. The van der Waals surface area contributed by atoms with E-state index in [1.807, 2.05) is 19.9 Å². The highest BCUT2D eigenvalue weighted by Crippen LogP contribution is 2.62. The fraction of sp³-hybridized carbons (Fsp3) is 0.739. The zero-order valence-electron chi connectivity index (χ0n) is 17.8. The van der Waals surface area contributed by atoms with Crippen LogP contribution < -0.4 is 0 Å². The van der Waals surface area contributed by atoms with Crippen molar-refractivity contribution in [1.82, 2.24) is 4.57 Å². The summed E-state index contributed by atoms with van der Waals surface area (Å²) >= 11 is 0. The quantitative estimate of drug-likeness (QED) is 0.533. The third-order valence-corrected chi connectivity index (χ3v) is 7.43. The van der Waals surface area contributed by atoms with Crippen LogP contribution in [-0.2, 0) is 20.8 Å². The number of carbonyl (C=O) groups is 2. The Kier molecular flexibility index (Phi) is 5.36. The van der Waals surface area contributed by atoms with Crippen molar-refractivity contribution < 1.29 is 24.2 Å². The van der Waals surface area contributed by atoms with Gasteiger partial charge < -0.3 is 19.1 Å². The minimum absolute atomic E-state index is 0.130. The van der Waals surface area contributed by atoms with Gasteiger partial charge in [-0.05, 0) is 75.7 Å².